The molecule has 0 atom stereocenters. The number of halogens is 3. The van der Waals surface area contributed by atoms with E-state index in [1.54, 1.807) is 17.4 Å². The molecule has 1 aromatic carbocycles. The predicted octanol–water partition coefficient (Wildman–Crippen LogP) is 4.76. The van der Waals surface area contributed by atoms with Crippen LogP contribution < -0.4 is 5.32 Å². The molecule has 1 aromatic heterocycles. The molecule has 0 spiro atoms. The molecule has 16 heavy (non-hydrogen) atoms. The average Bonchev–Trinajstić information content (AvgIpc) is 2.63. The van der Waals surface area contributed by atoms with Crippen LogP contribution in [0.15, 0.2) is 29.6 Å². The van der Waals surface area contributed by atoms with Crippen molar-refractivity contribution in [3.63, 3.8) is 0 Å². The Morgan fingerprint density at radius 3 is 2.81 bits per heavy atom. The van der Waals surface area contributed by atoms with Crippen LogP contribution in [0.1, 0.15) is 4.88 Å². The minimum absolute atomic E-state index is 0.214. The van der Waals surface area contributed by atoms with Gasteiger partial charge >= 0.3 is 0 Å². The zero-order valence-corrected chi connectivity index (χ0v) is 11.9. The van der Waals surface area contributed by atoms with E-state index < -0.39 is 0 Å². The first-order valence-electron chi connectivity index (χ1n) is 4.57. The van der Waals surface area contributed by atoms with Gasteiger partial charge in [0.05, 0.1) is 5.02 Å². The maximum absolute atomic E-state index is 12.9. The van der Waals surface area contributed by atoms with Gasteiger partial charge in [0.15, 0.2) is 0 Å². The van der Waals surface area contributed by atoms with E-state index in [0.717, 1.165) is 19.2 Å². The van der Waals surface area contributed by atoms with E-state index in [1.807, 2.05) is 11.4 Å². The molecule has 84 valence electrons. The van der Waals surface area contributed by atoms with Gasteiger partial charge < -0.3 is 5.32 Å². The minimum atomic E-state index is -0.214. The smallest absolute Gasteiger partial charge is 0.124 e. The highest BCUT2D eigenvalue weighted by Crippen LogP contribution is 2.23. The average molecular weight is 368 g/mol. The van der Waals surface area contributed by atoms with E-state index in [4.69, 9.17) is 11.6 Å². The third-order valence-electron chi connectivity index (χ3n) is 2.01. The van der Waals surface area contributed by atoms with Gasteiger partial charge in [0.1, 0.15) is 5.82 Å². The Bertz CT molecular complexity index is 500. The number of benzene rings is 1. The molecule has 0 bridgehead atoms. The fraction of sp³-hybridized carbons (Fsp3) is 0.0909. The number of hydrogen-bond acceptors (Lipinski definition) is 2. The van der Waals surface area contributed by atoms with E-state index >= 15 is 0 Å². The molecule has 0 aliphatic heterocycles. The first-order chi connectivity index (χ1) is 7.65. The van der Waals surface area contributed by atoms with Crippen LogP contribution in [0.5, 0.6) is 0 Å². The van der Waals surface area contributed by atoms with Crippen LogP contribution in [0, 0.1) is 9.39 Å². The lowest BCUT2D eigenvalue weighted by molar-refractivity contribution is 0.627. The van der Waals surface area contributed by atoms with Crippen LogP contribution in [0.25, 0.3) is 0 Å². The van der Waals surface area contributed by atoms with E-state index in [2.05, 4.69) is 27.9 Å². The third-order valence-corrected chi connectivity index (χ3v) is 4.18. The van der Waals surface area contributed by atoms with Crippen LogP contribution in [0.3, 0.4) is 0 Å². The van der Waals surface area contributed by atoms with Crippen molar-refractivity contribution in [3.05, 3.63) is 48.9 Å². The summed E-state index contributed by atoms with van der Waals surface area (Å²) in [6.07, 6.45) is 0. The van der Waals surface area contributed by atoms with Crippen molar-refractivity contribution < 1.29 is 4.39 Å². The first-order valence-corrected chi connectivity index (χ1v) is 6.90. The summed E-state index contributed by atoms with van der Waals surface area (Å²) in [5.74, 6) is -0.214. The van der Waals surface area contributed by atoms with Crippen molar-refractivity contribution in [1.82, 2.24) is 0 Å². The molecule has 2 aromatic rings. The quantitative estimate of drug-likeness (QED) is 0.772. The molecule has 1 nitrogen and oxygen atoms in total. The van der Waals surface area contributed by atoms with Crippen LogP contribution >= 0.6 is 45.5 Å². The summed E-state index contributed by atoms with van der Waals surface area (Å²) in [7, 11) is 0. The summed E-state index contributed by atoms with van der Waals surface area (Å²) >= 11 is 9.54. The van der Waals surface area contributed by atoms with Gasteiger partial charge in [-0.05, 0) is 46.9 Å². The number of thiophene rings is 1. The molecule has 0 radical (unpaired) electrons. The van der Waals surface area contributed by atoms with Crippen molar-refractivity contribution in [1.29, 1.82) is 0 Å². The number of rotatable bonds is 3. The number of anilines is 1. The van der Waals surface area contributed by atoms with Gasteiger partial charge in [0.25, 0.3) is 0 Å². The van der Waals surface area contributed by atoms with Gasteiger partial charge in [-0.3, -0.25) is 0 Å². The molecule has 0 saturated heterocycles. The standard InChI is InChI=1S/C11H8ClFINS/c12-7-3-9(16-6-7)5-15-11-2-1-8(13)4-10(11)14/h1-4,6,15H,5H2. The molecule has 2 rings (SSSR count). The summed E-state index contributed by atoms with van der Waals surface area (Å²) < 4.78 is 13.7. The van der Waals surface area contributed by atoms with Crippen LogP contribution in [0.2, 0.25) is 5.02 Å². The number of hydrogen-bond donors (Lipinski definition) is 1. The second-order valence-electron chi connectivity index (χ2n) is 3.21. The third kappa shape index (κ3) is 3.09. The van der Waals surface area contributed by atoms with Crippen molar-refractivity contribution >= 4 is 51.2 Å². The van der Waals surface area contributed by atoms with Gasteiger partial charge in [0, 0.05) is 26.1 Å². The fourth-order valence-corrected chi connectivity index (χ4v) is 2.94. The SMILES string of the molecule is Fc1ccc(NCc2cc(Cl)cs2)c(I)c1. The van der Waals surface area contributed by atoms with Crippen LogP contribution in [-0.4, -0.2) is 0 Å². The van der Waals surface area contributed by atoms with Gasteiger partial charge in [-0.25, -0.2) is 4.39 Å². The first kappa shape index (κ1) is 12.1. The maximum Gasteiger partial charge on any atom is 0.124 e. The Kier molecular flexibility index (Phi) is 4.05. The summed E-state index contributed by atoms with van der Waals surface area (Å²) in [4.78, 5) is 1.16. The van der Waals surface area contributed by atoms with Gasteiger partial charge in [-0.1, -0.05) is 11.6 Å². The molecule has 0 saturated carbocycles. The summed E-state index contributed by atoms with van der Waals surface area (Å²) in [6, 6.07) is 6.62. The molecule has 1 heterocycles. The Morgan fingerprint density at radius 2 is 2.19 bits per heavy atom. The fourth-order valence-electron chi connectivity index (χ4n) is 1.26. The highest BCUT2D eigenvalue weighted by Gasteiger charge is 2.02. The van der Waals surface area contributed by atoms with Crippen molar-refractivity contribution in [2.75, 3.05) is 5.32 Å². The Morgan fingerprint density at radius 1 is 1.38 bits per heavy atom. The van der Waals surface area contributed by atoms with Gasteiger partial charge in [0.2, 0.25) is 0 Å². The monoisotopic (exact) mass is 367 g/mol. The second kappa shape index (κ2) is 5.33. The Balaban J connectivity index is 2.04. The Labute approximate surface area is 116 Å². The molecule has 0 fully saturated rings. The largest absolute Gasteiger partial charge is 0.379 e. The van der Waals surface area contributed by atoms with E-state index in [1.165, 1.54) is 12.1 Å². The zero-order chi connectivity index (χ0) is 11.5. The second-order valence-corrected chi connectivity index (χ2v) is 5.80. The summed E-state index contributed by atoms with van der Waals surface area (Å²) in [5, 5.41) is 5.90. The highest BCUT2D eigenvalue weighted by atomic mass is 127. The lowest BCUT2D eigenvalue weighted by Crippen LogP contribution is -1.99. The van der Waals surface area contributed by atoms with Gasteiger partial charge in [-0.2, -0.15) is 0 Å². The maximum atomic E-state index is 12.9. The zero-order valence-electron chi connectivity index (χ0n) is 8.14. The van der Waals surface area contributed by atoms with Crippen molar-refractivity contribution in [2.24, 2.45) is 0 Å². The minimum Gasteiger partial charge on any atom is -0.379 e. The Hall–Kier alpha value is -0.330. The highest BCUT2D eigenvalue weighted by molar-refractivity contribution is 14.1. The van der Waals surface area contributed by atoms with Gasteiger partial charge in [-0.15, -0.1) is 11.3 Å². The van der Waals surface area contributed by atoms with Crippen molar-refractivity contribution in [3.8, 4) is 0 Å². The van der Waals surface area contributed by atoms with Crippen molar-refractivity contribution in [2.45, 2.75) is 6.54 Å². The molecule has 0 amide bonds. The molecule has 0 aliphatic carbocycles. The summed E-state index contributed by atoms with van der Waals surface area (Å²) in [6.45, 7) is 0.707. The van der Waals surface area contributed by atoms with E-state index in [0.29, 0.717) is 6.54 Å². The topological polar surface area (TPSA) is 12.0 Å². The normalized spacial score (nSPS) is 10.4. The molecule has 0 unspecified atom stereocenters. The van der Waals surface area contributed by atoms with Crippen LogP contribution in [-0.2, 0) is 6.54 Å². The molecule has 0 aliphatic rings. The lowest BCUT2D eigenvalue weighted by atomic mass is 10.3. The molecular weight excluding hydrogens is 360 g/mol. The summed E-state index contributed by atoms with van der Waals surface area (Å²) in [5.41, 5.74) is 0.937. The van der Waals surface area contributed by atoms with Crippen LogP contribution in [0.4, 0.5) is 10.1 Å². The van der Waals surface area contributed by atoms with E-state index in [9.17, 15) is 4.39 Å². The molecule has 1 N–H and O–H groups in total. The predicted molar refractivity (Wildman–Crippen MR) is 75.8 cm³/mol. The van der Waals surface area contributed by atoms with E-state index in [-0.39, 0.29) is 5.82 Å². The molecule has 5 heteroatoms. The molecular formula is C11H8ClFINS. The lowest BCUT2D eigenvalue weighted by Gasteiger charge is -2.07. The number of nitrogens with one attached hydrogen (secondary N) is 1.